The fourth-order valence-electron chi connectivity index (χ4n) is 1.72. The number of alkyl halides is 1. The lowest BCUT2D eigenvalue weighted by molar-refractivity contribution is 1.16. The second kappa shape index (κ2) is 5.55. The zero-order chi connectivity index (χ0) is 12.6. The maximum Gasteiger partial charge on any atom is 0.0704 e. The third-order valence-corrected chi connectivity index (χ3v) is 6.15. The molecule has 1 unspecified atom stereocenters. The van der Waals surface area contributed by atoms with Crippen LogP contribution in [0.1, 0.15) is 26.4 Å². The molecule has 0 saturated carbocycles. The monoisotopic (exact) mass is 436 g/mol. The Kier molecular flexibility index (Phi) is 4.50. The highest BCUT2D eigenvalue weighted by Gasteiger charge is 2.15. The second-order valence-electron chi connectivity index (χ2n) is 3.93. The molecule has 17 heavy (non-hydrogen) atoms. The first kappa shape index (κ1) is 13.8. The van der Waals surface area contributed by atoms with E-state index in [1.54, 1.807) is 11.3 Å². The van der Waals surface area contributed by atoms with Crippen LogP contribution in [-0.4, -0.2) is 0 Å². The summed E-state index contributed by atoms with van der Waals surface area (Å²) in [4.78, 5) is 1.61. The molecule has 0 bridgehead atoms. The molecule has 0 aliphatic heterocycles. The molecule has 1 heterocycles. The van der Waals surface area contributed by atoms with Gasteiger partial charge in [0.1, 0.15) is 0 Å². The van der Waals surface area contributed by atoms with Crippen LogP contribution in [0.15, 0.2) is 32.5 Å². The van der Waals surface area contributed by atoms with Gasteiger partial charge in [0.25, 0.3) is 0 Å². The molecule has 0 spiro atoms. The summed E-state index contributed by atoms with van der Waals surface area (Å²) in [6.45, 7) is 4.27. The Bertz CT molecular complexity index is 546. The highest BCUT2D eigenvalue weighted by atomic mass is 79.9. The molecule has 0 amide bonds. The number of benzene rings is 1. The van der Waals surface area contributed by atoms with Crippen LogP contribution < -0.4 is 0 Å². The van der Waals surface area contributed by atoms with Crippen LogP contribution in [0, 0.1) is 13.8 Å². The molecule has 0 fully saturated rings. The normalized spacial score (nSPS) is 12.8. The van der Waals surface area contributed by atoms with Gasteiger partial charge < -0.3 is 0 Å². The van der Waals surface area contributed by atoms with Crippen LogP contribution >= 0.6 is 59.1 Å². The Morgan fingerprint density at radius 3 is 2.35 bits per heavy atom. The summed E-state index contributed by atoms with van der Waals surface area (Å²) in [5.41, 5.74) is 3.89. The number of hydrogen-bond acceptors (Lipinski definition) is 1. The molecule has 1 aromatic carbocycles. The summed E-state index contributed by atoms with van der Waals surface area (Å²) in [6, 6.07) is 8.67. The first-order valence-corrected chi connectivity index (χ1v) is 8.47. The molecule has 1 atom stereocenters. The summed E-state index contributed by atoms with van der Waals surface area (Å²) in [7, 11) is 0. The Morgan fingerprint density at radius 1 is 1.12 bits per heavy atom. The van der Waals surface area contributed by atoms with E-state index in [1.807, 2.05) is 0 Å². The fourth-order valence-corrected chi connectivity index (χ4v) is 4.62. The van der Waals surface area contributed by atoms with Gasteiger partial charge in [-0.05, 0) is 58.6 Å². The molecule has 2 aromatic rings. The van der Waals surface area contributed by atoms with Crippen molar-refractivity contribution in [1.82, 2.24) is 0 Å². The van der Waals surface area contributed by atoms with Gasteiger partial charge in [-0.25, -0.2) is 0 Å². The molecule has 0 nitrogen and oxygen atoms in total. The first-order chi connectivity index (χ1) is 7.99. The highest BCUT2D eigenvalue weighted by molar-refractivity contribution is 9.11. The van der Waals surface area contributed by atoms with E-state index in [0.717, 1.165) is 4.47 Å². The smallest absolute Gasteiger partial charge is 0.0704 e. The Hall–Kier alpha value is 0.360. The highest BCUT2D eigenvalue weighted by Crippen LogP contribution is 2.39. The molecule has 0 saturated heterocycles. The Labute approximate surface area is 131 Å². The van der Waals surface area contributed by atoms with Gasteiger partial charge in [-0.1, -0.05) is 44.0 Å². The van der Waals surface area contributed by atoms with Crippen molar-refractivity contribution in [1.29, 1.82) is 0 Å². The first-order valence-electron chi connectivity index (χ1n) is 5.15. The van der Waals surface area contributed by atoms with Gasteiger partial charge in [0.05, 0.1) is 8.61 Å². The summed E-state index contributed by atoms with van der Waals surface area (Å²) >= 11 is 12.6. The van der Waals surface area contributed by atoms with Crippen LogP contribution in [0.25, 0.3) is 0 Å². The van der Waals surface area contributed by atoms with Gasteiger partial charge in [0.15, 0.2) is 0 Å². The van der Waals surface area contributed by atoms with Crippen molar-refractivity contribution in [2.24, 2.45) is 0 Å². The van der Waals surface area contributed by atoms with E-state index in [9.17, 15) is 0 Å². The molecule has 0 radical (unpaired) electrons. The topological polar surface area (TPSA) is 0 Å². The predicted molar refractivity (Wildman–Crippen MR) is 86.4 cm³/mol. The van der Waals surface area contributed by atoms with Gasteiger partial charge in [0.2, 0.25) is 0 Å². The number of halogens is 3. The van der Waals surface area contributed by atoms with Gasteiger partial charge >= 0.3 is 0 Å². The van der Waals surface area contributed by atoms with Crippen molar-refractivity contribution in [3.8, 4) is 0 Å². The molecule has 0 aliphatic carbocycles. The minimum atomic E-state index is 0.261. The minimum Gasteiger partial charge on any atom is -0.133 e. The maximum atomic E-state index is 3.79. The zero-order valence-corrected chi connectivity index (χ0v) is 15.0. The zero-order valence-electron chi connectivity index (χ0n) is 9.43. The third kappa shape index (κ3) is 3.03. The van der Waals surface area contributed by atoms with Gasteiger partial charge in [0, 0.05) is 9.35 Å². The molecular weight excluding hydrogens is 428 g/mol. The number of thiophene rings is 1. The van der Waals surface area contributed by atoms with Crippen molar-refractivity contribution < 1.29 is 0 Å². The maximum absolute atomic E-state index is 3.79. The van der Waals surface area contributed by atoms with Crippen LogP contribution in [0.2, 0.25) is 0 Å². The lowest BCUT2D eigenvalue weighted by Crippen LogP contribution is -1.93. The molecular formula is C13H11Br3S. The molecule has 2 rings (SSSR count). The lowest BCUT2D eigenvalue weighted by Gasteiger charge is -2.11. The van der Waals surface area contributed by atoms with Crippen molar-refractivity contribution in [2.45, 2.75) is 18.7 Å². The SMILES string of the molecule is Cc1cc(C(Br)c2cc(Br)sc2C)ccc1Br. The molecule has 90 valence electrons. The standard InChI is InChI=1S/C13H11Br3S/c1-7-5-9(3-4-11(7)14)13(16)10-6-12(15)17-8(10)2/h3-6,13H,1-2H3. The Morgan fingerprint density at radius 2 is 1.82 bits per heavy atom. The van der Waals surface area contributed by atoms with Crippen LogP contribution in [0.5, 0.6) is 0 Å². The van der Waals surface area contributed by atoms with E-state index in [2.05, 4.69) is 85.9 Å². The van der Waals surface area contributed by atoms with E-state index < -0.39 is 0 Å². The van der Waals surface area contributed by atoms with E-state index in [1.165, 1.54) is 25.4 Å². The third-order valence-electron chi connectivity index (χ3n) is 2.67. The summed E-state index contributed by atoms with van der Waals surface area (Å²) in [5.74, 6) is 0. The summed E-state index contributed by atoms with van der Waals surface area (Å²) < 4.78 is 2.34. The molecule has 0 aliphatic rings. The summed E-state index contributed by atoms with van der Waals surface area (Å²) in [5, 5.41) is 0. The van der Waals surface area contributed by atoms with Crippen molar-refractivity contribution in [2.75, 3.05) is 0 Å². The fraction of sp³-hybridized carbons (Fsp3) is 0.231. The second-order valence-corrected chi connectivity index (χ2v) is 8.34. The van der Waals surface area contributed by atoms with Gasteiger partial charge in [-0.2, -0.15) is 0 Å². The largest absolute Gasteiger partial charge is 0.133 e. The quantitative estimate of drug-likeness (QED) is 0.477. The van der Waals surface area contributed by atoms with Gasteiger partial charge in [-0.3, -0.25) is 0 Å². The lowest BCUT2D eigenvalue weighted by atomic mass is 10.0. The molecule has 1 aromatic heterocycles. The van der Waals surface area contributed by atoms with E-state index >= 15 is 0 Å². The van der Waals surface area contributed by atoms with Gasteiger partial charge in [-0.15, -0.1) is 11.3 Å². The number of aryl methyl sites for hydroxylation is 2. The predicted octanol–water partition coefficient (Wildman–Crippen LogP) is 6.37. The van der Waals surface area contributed by atoms with Crippen molar-refractivity contribution in [3.05, 3.63) is 54.1 Å². The molecule has 0 N–H and O–H groups in total. The Balaban J connectivity index is 2.40. The number of hydrogen-bond donors (Lipinski definition) is 0. The average molecular weight is 439 g/mol. The average Bonchev–Trinajstić information content (AvgIpc) is 2.61. The van der Waals surface area contributed by atoms with E-state index in [4.69, 9.17) is 0 Å². The van der Waals surface area contributed by atoms with E-state index in [0.29, 0.717) is 0 Å². The molecule has 4 heteroatoms. The van der Waals surface area contributed by atoms with Crippen molar-refractivity contribution >= 4 is 59.1 Å². The van der Waals surface area contributed by atoms with Crippen molar-refractivity contribution in [3.63, 3.8) is 0 Å². The minimum absolute atomic E-state index is 0.261. The number of rotatable bonds is 2. The van der Waals surface area contributed by atoms with Crippen LogP contribution in [-0.2, 0) is 0 Å². The van der Waals surface area contributed by atoms with Crippen LogP contribution in [0.4, 0.5) is 0 Å². The summed E-state index contributed by atoms with van der Waals surface area (Å²) in [6.07, 6.45) is 0. The van der Waals surface area contributed by atoms with E-state index in [-0.39, 0.29) is 4.83 Å². The van der Waals surface area contributed by atoms with Crippen LogP contribution in [0.3, 0.4) is 0 Å².